The standard InChI is InChI=1S/C27H15F5O/c1-33-16-8-5-14(6-9-16)25-19-12-23(31)24(32)13-20(19)26(17-10-7-15(28)11-22(17)30)18-3-2-4-21(29)27(18)25/h2-13H,1H3. The molecule has 0 aromatic heterocycles. The molecule has 5 rings (SSSR count). The predicted octanol–water partition coefficient (Wildman–Crippen LogP) is 8.03. The molecule has 5 aromatic carbocycles. The number of fused-ring (bicyclic) bond motifs is 2. The molecule has 0 atom stereocenters. The lowest BCUT2D eigenvalue weighted by molar-refractivity contribution is 0.415. The van der Waals surface area contributed by atoms with E-state index in [4.69, 9.17) is 4.74 Å². The maximum Gasteiger partial charge on any atom is 0.159 e. The maximum atomic E-state index is 15.3. The van der Waals surface area contributed by atoms with Crippen LogP contribution in [0.4, 0.5) is 22.0 Å². The average molecular weight is 450 g/mol. The van der Waals surface area contributed by atoms with Gasteiger partial charge in [-0.2, -0.15) is 0 Å². The lowest BCUT2D eigenvalue weighted by Crippen LogP contribution is -1.97. The fourth-order valence-electron chi connectivity index (χ4n) is 4.27. The first-order chi connectivity index (χ1) is 15.9. The summed E-state index contributed by atoms with van der Waals surface area (Å²) in [6, 6.07) is 15.9. The fraction of sp³-hybridized carbons (Fsp3) is 0.0370. The molecule has 6 heteroatoms. The largest absolute Gasteiger partial charge is 0.497 e. The molecule has 0 aliphatic heterocycles. The molecule has 0 amide bonds. The van der Waals surface area contributed by atoms with Crippen molar-refractivity contribution in [2.24, 2.45) is 0 Å². The van der Waals surface area contributed by atoms with E-state index in [9.17, 15) is 17.6 Å². The van der Waals surface area contributed by atoms with E-state index < -0.39 is 29.1 Å². The highest BCUT2D eigenvalue weighted by Gasteiger charge is 2.22. The summed E-state index contributed by atoms with van der Waals surface area (Å²) in [4.78, 5) is 0. The Labute approximate surface area is 185 Å². The van der Waals surface area contributed by atoms with Gasteiger partial charge in [0.2, 0.25) is 0 Å². The zero-order chi connectivity index (χ0) is 23.3. The van der Waals surface area contributed by atoms with Crippen LogP contribution in [0.5, 0.6) is 5.75 Å². The van der Waals surface area contributed by atoms with Gasteiger partial charge in [-0.1, -0.05) is 24.3 Å². The zero-order valence-electron chi connectivity index (χ0n) is 17.2. The van der Waals surface area contributed by atoms with E-state index in [0.29, 0.717) is 22.9 Å². The van der Waals surface area contributed by atoms with Crippen molar-refractivity contribution in [3.8, 4) is 28.0 Å². The first kappa shape index (κ1) is 20.9. The SMILES string of the molecule is COc1ccc(-c2c3cc(F)c(F)cc3c(-c3ccc(F)cc3F)c3cccc(F)c23)cc1. The summed E-state index contributed by atoms with van der Waals surface area (Å²) in [5, 5.41) is 0.753. The van der Waals surface area contributed by atoms with Gasteiger partial charge in [0, 0.05) is 28.1 Å². The summed E-state index contributed by atoms with van der Waals surface area (Å²) in [5.74, 6) is -4.00. The molecule has 0 saturated heterocycles. The van der Waals surface area contributed by atoms with Crippen molar-refractivity contribution in [2.45, 2.75) is 0 Å². The molecule has 0 N–H and O–H groups in total. The molecular weight excluding hydrogens is 435 g/mol. The second kappa shape index (κ2) is 7.89. The van der Waals surface area contributed by atoms with Crippen LogP contribution in [0.25, 0.3) is 43.8 Å². The van der Waals surface area contributed by atoms with Crippen LogP contribution < -0.4 is 4.74 Å². The summed E-state index contributed by atoms with van der Waals surface area (Å²) in [7, 11) is 1.50. The molecule has 0 bridgehead atoms. The topological polar surface area (TPSA) is 9.23 Å². The molecule has 0 saturated carbocycles. The zero-order valence-corrected chi connectivity index (χ0v) is 17.2. The molecule has 1 nitrogen and oxygen atoms in total. The van der Waals surface area contributed by atoms with E-state index in [0.717, 1.165) is 18.2 Å². The van der Waals surface area contributed by atoms with E-state index in [1.54, 1.807) is 30.3 Å². The van der Waals surface area contributed by atoms with Gasteiger partial charge >= 0.3 is 0 Å². The quantitative estimate of drug-likeness (QED) is 0.200. The van der Waals surface area contributed by atoms with Crippen molar-refractivity contribution in [1.29, 1.82) is 0 Å². The molecule has 5 aromatic rings. The van der Waals surface area contributed by atoms with Gasteiger partial charge in [-0.05, 0) is 64.2 Å². The third-order valence-electron chi connectivity index (χ3n) is 5.71. The van der Waals surface area contributed by atoms with E-state index >= 15 is 4.39 Å². The Morgan fingerprint density at radius 3 is 1.88 bits per heavy atom. The predicted molar refractivity (Wildman–Crippen MR) is 119 cm³/mol. The fourth-order valence-corrected chi connectivity index (χ4v) is 4.27. The van der Waals surface area contributed by atoms with Crippen LogP contribution in [0.2, 0.25) is 0 Å². The Bertz CT molecular complexity index is 1540. The van der Waals surface area contributed by atoms with Crippen molar-refractivity contribution in [1.82, 2.24) is 0 Å². The van der Waals surface area contributed by atoms with Crippen molar-refractivity contribution in [3.05, 3.63) is 102 Å². The van der Waals surface area contributed by atoms with Crippen LogP contribution in [0.3, 0.4) is 0 Å². The summed E-state index contributed by atoms with van der Waals surface area (Å²) in [5.41, 5.74) is 0.955. The normalized spacial score (nSPS) is 11.3. The Hall–Kier alpha value is -3.93. The number of methoxy groups -OCH3 is 1. The highest BCUT2D eigenvalue weighted by molar-refractivity contribution is 6.21. The van der Waals surface area contributed by atoms with Gasteiger partial charge in [0.25, 0.3) is 0 Å². The molecular formula is C27H15F5O. The molecule has 0 radical (unpaired) electrons. The van der Waals surface area contributed by atoms with Crippen LogP contribution >= 0.6 is 0 Å². The van der Waals surface area contributed by atoms with Gasteiger partial charge in [0.15, 0.2) is 11.6 Å². The second-order valence-electron chi connectivity index (χ2n) is 7.58. The van der Waals surface area contributed by atoms with Gasteiger partial charge in [0.1, 0.15) is 23.2 Å². The van der Waals surface area contributed by atoms with E-state index in [-0.39, 0.29) is 32.7 Å². The second-order valence-corrected chi connectivity index (χ2v) is 7.58. The molecule has 0 aliphatic rings. The molecule has 33 heavy (non-hydrogen) atoms. The Balaban J connectivity index is 2.03. The van der Waals surface area contributed by atoms with Crippen LogP contribution in [-0.4, -0.2) is 7.11 Å². The number of hydrogen-bond donors (Lipinski definition) is 0. The Morgan fingerprint density at radius 1 is 0.576 bits per heavy atom. The van der Waals surface area contributed by atoms with Crippen LogP contribution in [0.1, 0.15) is 0 Å². The van der Waals surface area contributed by atoms with Gasteiger partial charge in [-0.15, -0.1) is 0 Å². The number of hydrogen-bond acceptors (Lipinski definition) is 1. The van der Waals surface area contributed by atoms with E-state index in [1.165, 1.54) is 25.3 Å². The molecule has 0 spiro atoms. The van der Waals surface area contributed by atoms with Crippen LogP contribution in [-0.2, 0) is 0 Å². The number of benzene rings is 5. The van der Waals surface area contributed by atoms with E-state index in [1.807, 2.05) is 0 Å². The molecule has 0 unspecified atom stereocenters. The van der Waals surface area contributed by atoms with Crippen molar-refractivity contribution < 1.29 is 26.7 Å². The molecule has 0 fully saturated rings. The summed E-state index contributed by atoms with van der Waals surface area (Å²) in [6.45, 7) is 0. The Morgan fingerprint density at radius 2 is 1.24 bits per heavy atom. The minimum absolute atomic E-state index is 0.0516. The number of ether oxygens (including phenoxy) is 1. The van der Waals surface area contributed by atoms with Crippen LogP contribution in [0, 0.1) is 29.1 Å². The van der Waals surface area contributed by atoms with Gasteiger partial charge in [-0.3, -0.25) is 0 Å². The third kappa shape index (κ3) is 3.39. The Kier molecular flexibility index (Phi) is 5.01. The molecule has 164 valence electrons. The summed E-state index contributed by atoms with van der Waals surface area (Å²) >= 11 is 0. The van der Waals surface area contributed by atoms with Gasteiger partial charge < -0.3 is 4.74 Å². The lowest BCUT2D eigenvalue weighted by Gasteiger charge is -2.19. The smallest absolute Gasteiger partial charge is 0.159 e. The van der Waals surface area contributed by atoms with Crippen molar-refractivity contribution in [3.63, 3.8) is 0 Å². The summed E-state index contributed by atoms with van der Waals surface area (Å²) in [6.07, 6.45) is 0. The molecule has 0 aliphatic carbocycles. The van der Waals surface area contributed by atoms with Gasteiger partial charge in [-0.25, -0.2) is 22.0 Å². The third-order valence-corrected chi connectivity index (χ3v) is 5.71. The van der Waals surface area contributed by atoms with Crippen molar-refractivity contribution in [2.75, 3.05) is 7.11 Å². The first-order valence-corrected chi connectivity index (χ1v) is 10.0. The highest BCUT2D eigenvalue weighted by Crippen LogP contribution is 2.45. The number of rotatable bonds is 3. The maximum absolute atomic E-state index is 15.3. The number of halogens is 5. The monoisotopic (exact) mass is 450 g/mol. The molecule has 0 heterocycles. The van der Waals surface area contributed by atoms with Crippen molar-refractivity contribution >= 4 is 21.5 Å². The lowest BCUT2D eigenvalue weighted by atomic mass is 9.85. The first-order valence-electron chi connectivity index (χ1n) is 10.0. The highest BCUT2D eigenvalue weighted by atomic mass is 19.2. The van der Waals surface area contributed by atoms with E-state index in [2.05, 4.69) is 0 Å². The minimum atomic E-state index is -1.14. The average Bonchev–Trinajstić information content (AvgIpc) is 2.80. The minimum Gasteiger partial charge on any atom is -0.497 e. The summed E-state index contributed by atoms with van der Waals surface area (Å²) < 4.78 is 77.8. The van der Waals surface area contributed by atoms with Crippen LogP contribution in [0.15, 0.2) is 72.8 Å². The van der Waals surface area contributed by atoms with Gasteiger partial charge in [0.05, 0.1) is 7.11 Å².